The Hall–Kier alpha value is -2.93. The summed E-state index contributed by atoms with van der Waals surface area (Å²) in [6.07, 6.45) is 0.105. The molecule has 0 radical (unpaired) electrons. The van der Waals surface area contributed by atoms with Crippen LogP contribution in [-0.2, 0) is 11.3 Å². The number of anilines is 1. The van der Waals surface area contributed by atoms with Gasteiger partial charge in [0.1, 0.15) is 12.3 Å². The zero-order valence-electron chi connectivity index (χ0n) is 15.5. The molecule has 1 amide bonds. The molecule has 0 spiro atoms. The zero-order valence-corrected chi connectivity index (χ0v) is 16.3. The number of hydrogen-bond donors (Lipinski definition) is 2. The molecule has 7 heteroatoms. The summed E-state index contributed by atoms with van der Waals surface area (Å²) in [6.45, 7) is 6.02. The number of nitrogens with zero attached hydrogens (tertiary/aromatic N) is 2. The van der Waals surface area contributed by atoms with E-state index in [-0.39, 0.29) is 18.6 Å². The first kappa shape index (κ1) is 18.8. The van der Waals surface area contributed by atoms with E-state index in [9.17, 15) is 4.79 Å². The third-order valence-electron chi connectivity index (χ3n) is 3.85. The molecule has 6 nitrogen and oxygen atoms in total. The van der Waals surface area contributed by atoms with Gasteiger partial charge in [0.05, 0.1) is 6.10 Å². The molecule has 0 aliphatic carbocycles. The smallest absolute Gasteiger partial charge is 0.244 e. The van der Waals surface area contributed by atoms with E-state index in [1.807, 2.05) is 69.3 Å². The third-order valence-corrected chi connectivity index (χ3v) is 4.16. The van der Waals surface area contributed by atoms with Crippen LogP contribution < -0.4 is 10.1 Å². The Morgan fingerprint density at radius 3 is 2.67 bits per heavy atom. The predicted molar refractivity (Wildman–Crippen MR) is 108 cm³/mol. The molecule has 2 aromatic carbocycles. The highest BCUT2D eigenvalue weighted by molar-refractivity contribution is 7.71. The normalized spacial score (nSPS) is 10.8. The summed E-state index contributed by atoms with van der Waals surface area (Å²) in [5.74, 6) is 1.22. The number of aromatic amines is 1. The van der Waals surface area contributed by atoms with E-state index in [0.717, 1.165) is 16.9 Å². The first-order valence-corrected chi connectivity index (χ1v) is 9.12. The van der Waals surface area contributed by atoms with E-state index in [1.165, 1.54) is 0 Å². The standard InChI is InChI=1S/C20H22N4O2S/c1-13(2)26-17-9-7-16(8-10-17)21-18(25)12-24-19(22-23-20(24)27)15-6-4-5-14(3)11-15/h4-11,13H,12H2,1-3H3,(H,21,25)(H,23,27). The Morgan fingerprint density at radius 1 is 1.26 bits per heavy atom. The first-order valence-electron chi connectivity index (χ1n) is 8.71. The number of benzene rings is 2. The lowest BCUT2D eigenvalue weighted by atomic mass is 10.1. The first-order chi connectivity index (χ1) is 12.9. The quantitative estimate of drug-likeness (QED) is 0.622. The van der Waals surface area contributed by atoms with Gasteiger partial charge in [-0.2, -0.15) is 5.10 Å². The summed E-state index contributed by atoms with van der Waals surface area (Å²) in [5.41, 5.74) is 2.72. The Morgan fingerprint density at radius 2 is 2.00 bits per heavy atom. The van der Waals surface area contributed by atoms with Crippen LogP contribution >= 0.6 is 12.2 Å². The van der Waals surface area contributed by atoms with Crippen LogP contribution in [0.1, 0.15) is 19.4 Å². The lowest BCUT2D eigenvalue weighted by molar-refractivity contribution is -0.116. The molecule has 0 aliphatic heterocycles. The van der Waals surface area contributed by atoms with Gasteiger partial charge in [-0.1, -0.05) is 23.8 Å². The second-order valence-electron chi connectivity index (χ2n) is 6.55. The number of carbonyl (C=O) groups is 1. The average molecular weight is 382 g/mol. The van der Waals surface area contributed by atoms with Crippen LogP contribution in [0.15, 0.2) is 48.5 Å². The summed E-state index contributed by atoms with van der Waals surface area (Å²) in [5, 5.41) is 9.92. The second-order valence-corrected chi connectivity index (χ2v) is 6.93. The Balaban J connectivity index is 1.73. The average Bonchev–Trinajstić information content (AvgIpc) is 2.97. The number of aromatic nitrogens is 3. The topological polar surface area (TPSA) is 71.9 Å². The molecule has 0 unspecified atom stereocenters. The van der Waals surface area contributed by atoms with Crippen LogP contribution in [0, 0.1) is 11.7 Å². The van der Waals surface area contributed by atoms with Crippen molar-refractivity contribution in [3.8, 4) is 17.1 Å². The minimum Gasteiger partial charge on any atom is -0.491 e. The van der Waals surface area contributed by atoms with E-state index in [4.69, 9.17) is 17.0 Å². The molecule has 0 fully saturated rings. The van der Waals surface area contributed by atoms with Gasteiger partial charge in [0.25, 0.3) is 0 Å². The summed E-state index contributed by atoms with van der Waals surface area (Å²) < 4.78 is 7.70. The largest absolute Gasteiger partial charge is 0.491 e. The van der Waals surface area contributed by atoms with Crippen molar-refractivity contribution in [1.29, 1.82) is 0 Å². The van der Waals surface area contributed by atoms with E-state index in [0.29, 0.717) is 16.3 Å². The molecule has 3 rings (SSSR count). The fourth-order valence-corrected chi connectivity index (χ4v) is 2.90. The van der Waals surface area contributed by atoms with Crippen LogP contribution in [0.5, 0.6) is 5.75 Å². The van der Waals surface area contributed by atoms with Crippen molar-refractivity contribution >= 4 is 23.8 Å². The van der Waals surface area contributed by atoms with Crippen molar-refractivity contribution in [2.45, 2.75) is 33.4 Å². The van der Waals surface area contributed by atoms with Gasteiger partial charge in [0.15, 0.2) is 10.6 Å². The minimum atomic E-state index is -0.182. The Kier molecular flexibility index (Phi) is 5.71. The van der Waals surface area contributed by atoms with E-state index in [1.54, 1.807) is 4.57 Å². The molecule has 0 bridgehead atoms. The minimum absolute atomic E-state index is 0.0723. The number of carbonyl (C=O) groups excluding carboxylic acids is 1. The maximum Gasteiger partial charge on any atom is 0.244 e. The second kappa shape index (κ2) is 8.18. The highest BCUT2D eigenvalue weighted by atomic mass is 32.1. The van der Waals surface area contributed by atoms with Crippen molar-refractivity contribution < 1.29 is 9.53 Å². The molecule has 0 saturated heterocycles. The van der Waals surface area contributed by atoms with Gasteiger partial charge in [0, 0.05) is 11.3 Å². The molecule has 1 aromatic heterocycles. The summed E-state index contributed by atoms with van der Waals surface area (Å²) in [6, 6.07) is 15.2. The fourth-order valence-electron chi connectivity index (χ4n) is 2.70. The van der Waals surface area contributed by atoms with E-state index < -0.39 is 0 Å². The Labute approximate surface area is 163 Å². The molecule has 3 aromatic rings. The maximum absolute atomic E-state index is 12.5. The highest BCUT2D eigenvalue weighted by Gasteiger charge is 2.13. The number of hydrogen-bond acceptors (Lipinski definition) is 4. The SMILES string of the molecule is Cc1cccc(-c2n[nH]c(=S)n2CC(=O)Nc2ccc(OC(C)C)cc2)c1. The van der Waals surface area contributed by atoms with Gasteiger partial charge >= 0.3 is 0 Å². The molecule has 0 aliphatic rings. The lowest BCUT2D eigenvalue weighted by Crippen LogP contribution is -2.19. The van der Waals surface area contributed by atoms with E-state index >= 15 is 0 Å². The van der Waals surface area contributed by atoms with Crippen LogP contribution in [0.3, 0.4) is 0 Å². The van der Waals surface area contributed by atoms with Crippen molar-refractivity contribution in [3.63, 3.8) is 0 Å². The number of rotatable bonds is 6. The van der Waals surface area contributed by atoms with Gasteiger partial charge in [-0.15, -0.1) is 0 Å². The predicted octanol–water partition coefficient (Wildman–Crippen LogP) is 4.34. The number of H-pyrrole nitrogens is 1. The van der Waals surface area contributed by atoms with Crippen LogP contribution in [0.25, 0.3) is 11.4 Å². The molecule has 1 heterocycles. The fraction of sp³-hybridized carbons (Fsp3) is 0.250. The van der Waals surface area contributed by atoms with Gasteiger partial charge in [-0.3, -0.25) is 14.5 Å². The maximum atomic E-state index is 12.5. The van der Waals surface area contributed by atoms with Gasteiger partial charge < -0.3 is 10.1 Å². The molecule has 0 saturated carbocycles. The zero-order chi connectivity index (χ0) is 19.4. The van der Waals surface area contributed by atoms with Crippen LogP contribution in [0.4, 0.5) is 5.69 Å². The van der Waals surface area contributed by atoms with Crippen molar-refractivity contribution in [2.75, 3.05) is 5.32 Å². The summed E-state index contributed by atoms with van der Waals surface area (Å²) in [7, 11) is 0. The van der Waals surface area contributed by atoms with Crippen molar-refractivity contribution in [3.05, 3.63) is 58.9 Å². The van der Waals surface area contributed by atoms with Gasteiger partial charge in [-0.05, 0) is 63.3 Å². The van der Waals surface area contributed by atoms with Crippen molar-refractivity contribution in [2.24, 2.45) is 0 Å². The number of ether oxygens (including phenoxy) is 1. The number of aryl methyl sites for hydroxylation is 1. The molecule has 27 heavy (non-hydrogen) atoms. The van der Waals surface area contributed by atoms with Gasteiger partial charge in [-0.25, -0.2) is 0 Å². The summed E-state index contributed by atoms with van der Waals surface area (Å²) >= 11 is 5.29. The number of nitrogens with one attached hydrogen (secondary N) is 2. The molecule has 0 atom stereocenters. The highest BCUT2D eigenvalue weighted by Crippen LogP contribution is 2.20. The van der Waals surface area contributed by atoms with Gasteiger partial charge in [0.2, 0.25) is 5.91 Å². The lowest BCUT2D eigenvalue weighted by Gasteiger charge is -2.11. The summed E-state index contributed by atoms with van der Waals surface area (Å²) in [4.78, 5) is 12.5. The van der Waals surface area contributed by atoms with Crippen LogP contribution in [-0.4, -0.2) is 26.8 Å². The molecule has 2 N–H and O–H groups in total. The Bertz CT molecular complexity index is 990. The van der Waals surface area contributed by atoms with Crippen LogP contribution in [0.2, 0.25) is 0 Å². The number of amides is 1. The molecular weight excluding hydrogens is 360 g/mol. The molecular formula is C20H22N4O2S. The van der Waals surface area contributed by atoms with Crippen molar-refractivity contribution in [1.82, 2.24) is 14.8 Å². The van der Waals surface area contributed by atoms with E-state index in [2.05, 4.69) is 15.5 Å². The monoisotopic (exact) mass is 382 g/mol. The molecule has 140 valence electrons. The third kappa shape index (κ3) is 4.83.